The molecule has 1 N–H and O–H groups in total. The van der Waals surface area contributed by atoms with Gasteiger partial charge in [-0.15, -0.1) is 0 Å². The predicted octanol–water partition coefficient (Wildman–Crippen LogP) is 1.22. The van der Waals surface area contributed by atoms with E-state index in [1.54, 1.807) is 12.4 Å². The largest absolute Gasteiger partial charge is 0.313 e. The summed E-state index contributed by atoms with van der Waals surface area (Å²) in [4.78, 5) is 10.8. The first-order valence-corrected chi connectivity index (χ1v) is 5.97. The van der Waals surface area contributed by atoms with Gasteiger partial charge in [0.1, 0.15) is 0 Å². The molecule has 2 rings (SSSR count). The second-order valence-electron chi connectivity index (χ2n) is 4.54. The van der Waals surface area contributed by atoms with Gasteiger partial charge < -0.3 is 5.32 Å². The highest BCUT2D eigenvalue weighted by Gasteiger charge is 2.20. The Morgan fingerprint density at radius 2 is 2.44 bits per heavy atom. The van der Waals surface area contributed by atoms with E-state index < -0.39 is 0 Å². The first-order valence-electron chi connectivity index (χ1n) is 5.97. The summed E-state index contributed by atoms with van der Waals surface area (Å²) in [6, 6.07) is 0.972. The Labute approximate surface area is 97.1 Å². The molecule has 0 bridgehead atoms. The van der Waals surface area contributed by atoms with Crippen LogP contribution in [0.25, 0.3) is 0 Å². The smallest absolute Gasteiger partial charge is 0.0755 e. The van der Waals surface area contributed by atoms with E-state index in [0.717, 1.165) is 18.8 Å². The summed E-state index contributed by atoms with van der Waals surface area (Å²) in [7, 11) is 2.15. The maximum absolute atomic E-state index is 4.35. The fourth-order valence-corrected chi connectivity index (χ4v) is 2.17. The van der Waals surface area contributed by atoms with Gasteiger partial charge in [-0.3, -0.25) is 14.9 Å². The van der Waals surface area contributed by atoms with Crippen LogP contribution in [-0.2, 0) is 0 Å². The summed E-state index contributed by atoms with van der Waals surface area (Å²) in [6.45, 7) is 4.43. The van der Waals surface area contributed by atoms with E-state index in [-0.39, 0.29) is 0 Å². The quantitative estimate of drug-likeness (QED) is 0.828. The SMILES string of the molecule is CC(c1cnccn1)N(C)CC1CCCN1. The minimum Gasteiger partial charge on any atom is -0.313 e. The minimum atomic E-state index is 0.330. The molecule has 1 fully saturated rings. The second kappa shape index (κ2) is 5.37. The maximum atomic E-state index is 4.35. The van der Waals surface area contributed by atoms with Crippen LogP contribution in [0.3, 0.4) is 0 Å². The third kappa shape index (κ3) is 2.77. The van der Waals surface area contributed by atoms with Crippen molar-refractivity contribution in [2.24, 2.45) is 0 Å². The molecule has 0 amide bonds. The molecule has 1 aliphatic rings. The number of hydrogen-bond acceptors (Lipinski definition) is 4. The minimum absolute atomic E-state index is 0.330. The molecule has 1 aromatic rings. The van der Waals surface area contributed by atoms with Gasteiger partial charge in [0.25, 0.3) is 0 Å². The van der Waals surface area contributed by atoms with Gasteiger partial charge in [-0.2, -0.15) is 0 Å². The van der Waals surface area contributed by atoms with Gasteiger partial charge in [0.2, 0.25) is 0 Å². The summed E-state index contributed by atoms with van der Waals surface area (Å²) >= 11 is 0. The summed E-state index contributed by atoms with van der Waals surface area (Å²) in [5.74, 6) is 0. The standard InChI is InChI=1S/C12H20N4/c1-10(12-8-13-6-7-15-12)16(2)9-11-4-3-5-14-11/h6-8,10-11,14H,3-5,9H2,1-2H3. The number of hydrogen-bond donors (Lipinski definition) is 1. The number of nitrogens with one attached hydrogen (secondary N) is 1. The zero-order chi connectivity index (χ0) is 11.4. The Bertz CT molecular complexity index is 308. The van der Waals surface area contributed by atoms with Crippen LogP contribution < -0.4 is 5.32 Å². The van der Waals surface area contributed by atoms with Crippen LogP contribution in [0.4, 0.5) is 0 Å². The Morgan fingerprint density at radius 1 is 1.56 bits per heavy atom. The summed E-state index contributed by atoms with van der Waals surface area (Å²) in [6.07, 6.45) is 7.92. The van der Waals surface area contributed by atoms with Gasteiger partial charge in [-0.05, 0) is 33.4 Å². The molecule has 2 heterocycles. The average molecular weight is 220 g/mol. The lowest BCUT2D eigenvalue weighted by molar-refractivity contribution is 0.234. The first kappa shape index (κ1) is 11.5. The number of aromatic nitrogens is 2. The third-order valence-corrected chi connectivity index (χ3v) is 3.34. The highest BCUT2D eigenvalue weighted by molar-refractivity contribution is 5.01. The van der Waals surface area contributed by atoms with Crippen molar-refractivity contribution >= 4 is 0 Å². The number of likely N-dealkylation sites (N-methyl/N-ethyl adjacent to an activating group) is 1. The predicted molar refractivity (Wildman–Crippen MR) is 64.1 cm³/mol. The highest BCUT2D eigenvalue weighted by atomic mass is 15.2. The molecule has 0 aromatic carbocycles. The average Bonchev–Trinajstić information content (AvgIpc) is 2.82. The van der Waals surface area contributed by atoms with Crippen LogP contribution >= 0.6 is 0 Å². The lowest BCUT2D eigenvalue weighted by Crippen LogP contribution is -2.36. The van der Waals surface area contributed by atoms with Gasteiger partial charge >= 0.3 is 0 Å². The molecule has 0 saturated carbocycles. The van der Waals surface area contributed by atoms with Gasteiger partial charge in [-0.1, -0.05) is 0 Å². The van der Waals surface area contributed by atoms with Crippen molar-refractivity contribution in [3.8, 4) is 0 Å². The van der Waals surface area contributed by atoms with E-state index in [0.29, 0.717) is 12.1 Å². The molecular weight excluding hydrogens is 200 g/mol. The summed E-state index contributed by atoms with van der Waals surface area (Å²) in [5, 5.41) is 3.52. The lowest BCUT2D eigenvalue weighted by atomic mass is 10.1. The van der Waals surface area contributed by atoms with Crippen LogP contribution in [0.15, 0.2) is 18.6 Å². The van der Waals surface area contributed by atoms with Gasteiger partial charge in [0.05, 0.1) is 11.7 Å². The molecular formula is C12H20N4. The first-order chi connectivity index (χ1) is 7.77. The fourth-order valence-electron chi connectivity index (χ4n) is 2.17. The van der Waals surface area contributed by atoms with Crippen molar-refractivity contribution in [2.75, 3.05) is 20.1 Å². The molecule has 1 aromatic heterocycles. The molecule has 16 heavy (non-hydrogen) atoms. The molecule has 4 nitrogen and oxygen atoms in total. The summed E-state index contributed by atoms with van der Waals surface area (Å²) in [5.41, 5.74) is 1.04. The van der Waals surface area contributed by atoms with Crippen molar-refractivity contribution < 1.29 is 0 Å². The molecule has 2 unspecified atom stereocenters. The van der Waals surface area contributed by atoms with Crippen molar-refractivity contribution in [2.45, 2.75) is 31.8 Å². The van der Waals surface area contributed by atoms with E-state index in [9.17, 15) is 0 Å². The van der Waals surface area contributed by atoms with E-state index >= 15 is 0 Å². The fraction of sp³-hybridized carbons (Fsp3) is 0.667. The molecule has 2 atom stereocenters. The lowest BCUT2D eigenvalue weighted by Gasteiger charge is -2.26. The van der Waals surface area contributed by atoms with Crippen LogP contribution in [0, 0.1) is 0 Å². The van der Waals surface area contributed by atoms with Crippen LogP contribution in [0.2, 0.25) is 0 Å². The zero-order valence-electron chi connectivity index (χ0n) is 10.1. The van der Waals surface area contributed by atoms with E-state index in [1.807, 2.05) is 6.20 Å². The summed E-state index contributed by atoms with van der Waals surface area (Å²) < 4.78 is 0. The van der Waals surface area contributed by atoms with Crippen LogP contribution in [-0.4, -0.2) is 41.0 Å². The Balaban J connectivity index is 1.91. The molecule has 88 valence electrons. The van der Waals surface area contributed by atoms with E-state index in [2.05, 4.69) is 34.2 Å². The Hall–Kier alpha value is -1.00. The monoisotopic (exact) mass is 220 g/mol. The molecule has 1 aliphatic heterocycles. The number of nitrogens with zero attached hydrogens (tertiary/aromatic N) is 3. The second-order valence-corrected chi connectivity index (χ2v) is 4.54. The van der Waals surface area contributed by atoms with Crippen LogP contribution in [0.1, 0.15) is 31.5 Å². The van der Waals surface area contributed by atoms with E-state index in [4.69, 9.17) is 0 Å². The third-order valence-electron chi connectivity index (χ3n) is 3.34. The topological polar surface area (TPSA) is 41.1 Å². The molecule has 1 saturated heterocycles. The van der Waals surface area contributed by atoms with Crippen molar-refractivity contribution in [3.05, 3.63) is 24.3 Å². The van der Waals surface area contributed by atoms with Crippen molar-refractivity contribution in [1.82, 2.24) is 20.2 Å². The van der Waals surface area contributed by atoms with Crippen molar-refractivity contribution in [3.63, 3.8) is 0 Å². The zero-order valence-corrected chi connectivity index (χ0v) is 10.1. The van der Waals surface area contributed by atoms with Gasteiger partial charge in [-0.25, -0.2) is 0 Å². The molecule has 0 radical (unpaired) electrons. The van der Waals surface area contributed by atoms with Gasteiger partial charge in [0, 0.05) is 31.2 Å². The Morgan fingerprint density at radius 3 is 3.06 bits per heavy atom. The molecule has 0 spiro atoms. The number of rotatable bonds is 4. The van der Waals surface area contributed by atoms with Crippen molar-refractivity contribution in [1.29, 1.82) is 0 Å². The normalized spacial score (nSPS) is 22.6. The van der Waals surface area contributed by atoms with Gasteiger partial charge in [0.15, 0.2) is 0 Å². The highest BCUT2D eigenvalue weighted by Crippen LogP contribution is 2.17. The van der Waals surface area contributed by atoms with E-state index in [1.165, 1.54) is 12.8 Å². The molecule has 0 aliphatic carbocycles. The van der Waals surface area contributed by atoms with Crippen LogP contribution in [0.5, 0.6) is 0 Å². The molecule has 4 heteroatoms. The Kier molecular flexibility index (Phi) is 3.85. The maximum Gasteiger partial charge on any atom is 0.0755 e.